The maximum absolute atomic E-state index is 3.22. The molecule has 38 valence electrons. The molecular weight excluding hydrogens is 174 g/mol. The highest BCUT2D eigenvalue weighted by Crippen LogP contribution is 2.20. The molecule has 0 radical (unpaired) electrons. The van der Waals surface area contributed by atoms with E-state index in [1.165, 1.54) is 10.2 Å². The topological polar surface area (TPSA) is 15.8 Å². The highest BCUT2D eigenvalue weighted by Gasteiger charge is 1.83. The molecule has 0 unspecified atom stereocenters. The molecule has 1 rings (SSSR count). The molecule has 0 amide bonds. The second kappa shape index (κ2) is 2.43. The minimum absolute atomic E-state index is 1.14. The van der Waals surface area contributed by atoms with Crippen LogP contribution < -0.4 is 0 Å². The molecular formula is C4H4BrNS. The van der Waals surface area contributed by atoms with Crippen molar-refractivity contribution in [2.45, 2.75) is 5.03 Å². The summed E-state index contributed by atoms with van der Waals surface area (Å²) in [6, 6.07) is 3.96. The van der Waals surface area contributed by atoms with E-state index in [1.807, 2.05) is 18.3 Å². The Kier molecular flexibility index (Phi) is 1.82. The molecule has 0 spiro atoms. The van der Waals surface area contributed by atoms with Crippen LogP contribution in [0.3, 0.4) is 0 Å². The van der Waals surface area contributed by atoms with Gasteiger partial charge >= 0.3 is 0 Å². The molecule has 1 heterocycles. The molecule has 0 atom stereocenters. The number of aromatic nitrogens is 1. The third kappa shape index (κ3) is 1.24. The fourth-order valence-electron chi connectivity index (χ4n) is 0.362. The van der Waals surface area contributed by atoms with Crippen molar-refractivity contribution < 1.29 is 0 Å². The first-order valence-corrected chi connectivity index (χ1v) is 4.51. The van der Waals surface area contributed by atoms with Crippen molar-refractivity contribution in [1.82, 2.24) is 4.98 Å². The van der Waals surface area contributed by atoms with E-state index in [2.05, 4.69) is 19.8 Å². The van der Waals surface area contributed by atoms with Gasteiger partial charge in [-0.25, -0.2) is 0 Å². The second-order valence-electron chi connectivity index (χ2n) is 1.11. The lowest BCUT2D eigenvalue weighted by Gasteiger charge is -1.78. The summed E-state index contributed by atoms with van der Waals surface area (Å²) in [5.74, 6) is 0. The minimum atomic E-state index is 1.14. The quantitative estimate of drug-likeness (QED) is 0.698. The number of hydrogen-bond acceptors (Lipinski definition) is 1. The van der Waals surface area contributed by atoms with E-state index in [0.717, 1.165) is 5.03 Å². The molecule has 1 aromatic heterocycles. The monoisotopic (exact) mass is 177 g/mol. The SMILES string of the molecule is BrSc1ccc[nH]1. The van der Waals surface area contributed by atoms with Crippen LogP contribution in [-0.4, -0.2) is 4.98 Å². The van der Waals surface area contributed by atoms with Gasteiger partial charge in [0.2, 0.25) is 0 Å². The van der Waals surface area contributed by atoms with Crippen LogP contribution in [0.1, 0.15) is 0 Å². The molecule has 0 aromatic carbocycles. The van der Waals surface area contributed by atoms with Crippen LogP contribution in [0.15, 0.2) is 23.4 Å². The Bertz CT molecular complexity index is 126. The van der Waals surface area contributed by atoms with Crippen molar-refractivity contribution in [3.8, 4) is 0 Å². The largest absolute Gasteiger partial charge is 0.356 e. The van der Waals surface area contributed by atoms with Crippen molar-refractivity contribution in [2.24, 2.45) is 0 Å². The molecule has 1 aromatic rings. The van der Waals surface area contributed by atoms with Crippen molar-refractivity contribution in [1.29, 1.82) is 0 Å². The maximum atomic E-state index is 3.22. The van der Waals surface area contributed by atoms with Gasteiger partial charge in [0, 0.05) is 6.20 Å². The Balaban J connectivity index is 2.76. The normalized spacial score (nSPS) is 9.29. The number of halogens is 1. The van der Waals surface area contributed by atoms with Gasteiger partial charge in [-0.15, -0.1) is 0 Å². The first kappa shape index (κ1) is 5.25. The van der Waals surface area contributed by atoms with E-state index in [0.29, 0.717) is 0 Å². The zero-order valence-electron chi connectivity index (χ0n) is 3.52. The van der Waals surface area contributed by atoms with E-state index in [9.17, 15) is 0 Å². The van der Waals surface area contributed by atoms with Gasteiger partial charge in [0.1, 0.15) is 0 Å². The highest BCUT2D eigenvalue weighted by atomic mass is 79.9. The van der Waals surface area contributed by atoms with Crippen LogP contribution in [0, 0.1) is 0 Å². The van der Waals surface area contributed by atoms with Gasteiger partial charge in [-0.05, 0) is 37.1 Å². The number of rotatable bonds is 1. The average Bonchev–Trinajstić information content (AvgIpc) is 2.14. The molecule has 0 bridgehead atoms. The highest BCUT2D eigenvalue weighted by molar-refractivity contribution is 9.50. The predicted octanol–water partition coefficient (Wildman–Crippen LogP) is 2.42. The summed E-state index contributed by atoms with van der Waals surface area (Å²) >= 11 is 3.22. The average molecular weight is 178 g/mol. The van der Waals surface area contributed by atoms with E-state index >= 15 is 0 Å². The van der Waals surface area contributed by atoms with E-state index in [4.69, 9.17) is 0 Å². The van der Waals surface area contributed by atoms with Crippen LogP contribution in [-0.2, 0) is 0 Å². The molecule has 0 saturated carbocycles. The Morgan fingerprint density at radius 1 is 1.71 bits per heavy atom. The standard InChI is InChI=1S/C4H4BrNS/c5-7-4-2-1-3-6-4/h1-3,6H. The first-order chi connectivity index (χ1) is 3.43. The lowest BCUT2D eigenvalue weighted by atomic mass is 10.7. The number of hydrogen-bond donors (Lipinski definition) is 1. The smallest absolute Gasteiger partial charge is 0.0835 e. The second-order valence-corrected chi connectivity index (χ2v) is 2.68. The zero-order chi connectivity index (χ0) is 5.11. The van der Waals surface area contributed by atoms with Gasteiger partial charge in [-0.2, -0.15) is 0 Å². The molecule has 7 heavy (non-hydrogen) atoms. The van der Waals surface area contributed by atoms with Gasteiger partial charge in [-0.3, -0.25) is 0 Å². The van der Waals surface area contributed by atoms with Gasteiger partial charge in [0.15, 0.2) is 0 Å². The van der Waals surface area contributed by atoms with Crippen molar-refractivity contribution in [2.75, 3.05) is 0 Å². The molecule has 0 fully saturated rings. The number of nitrogens with one attached hydrogen (secondary N) is 1. The summed E-state index contributed by atoms with van der Waals surface area (Å²) in [5, 5.41) is 1.14. The Hall–Kier alpha value is 0.110. The Morgan fingerprint density at radius 3 is 2.86 bits per heavy atom. The molecule has 1 N–H and O–H groups in total. The van der Waals surface area contributed by atoms with Crippen LogP contribution in [0.25, 0.3) is 0 Å². The first-order valence-electron chi connectivity index (χ1n) is 1.85. The molecule has 3 heteroatoms. The summed E-state index contributed by atoms with van der Waals surface area (Å²) < 4.78 is 0. The number of aromatic amines is 1. The van der Waals surface area contributed by atoms with Gasteiger partial charge in [0.25, 0.3) is 0 Å². The molecule has 0 aliphatic heterocycles. The summed E-state index contributed by atoms with van der Waals surface area (Å²) in [5.41, 5.74) is 0. The fraction of sp³-hybridized carbons (Fsp3) is 0. The van der Waals surface area contributed by atoms with E-state index in [1.54, 1.807) is 0 Å². The van der Waals surface area contributed by atoms with Crippen LogP contribution >= 0.6 is 25.0 Å². The molecule has 0 aliphatic rings. The van der Waals surface area contributed by atoms with Crippen molar-refractivity contribution >= 4 is 25.0 Å². The summed E-state index contributed by atoms with van der Waals surface area (Å²) in [6.07, 6.45) is 1.89. The zero-order valence-corrected chi connectivity index (χ0v) is 5.92. The lowest BCUT2D eigenvalue weighted by molar-refractivity contribution is 1.21. The summed E-state index contributed by atoms with van der Waals surface area (Å²) in [4.78, 5) is 3.00. The van der Waals surface area contributed by atoms with Gasteiger partial charge in [-0.1, -0.05) is 0 Å². The fourth-order valence-corrected chi connectivity index (χ4v) is 1.21. The van der Waals surface area contributed by atoms with Crippen molar-refractivity contribution in [3.63, 3.8) is 0 Å². The summed E-state index contributed by atoms with van der Waals surface area (Å²) in [6.45, 7) is 0. The van der Waals surface area contributed by atoms with Crippen LogP contribution in [0.5, 0.6) is 0 Å². The Morgan fingerprint density at radius 2 is 2.57 bits per heavy atom. The van der Waals surface area contributed by atoms with Crippen LogP contribution in [0.4, 0.5) is 0 Å². The Labute approximate surface area is 53.7 Å². The molecule has 0 aliphatic carbocycles. The molecule has 1 nitrogen and oxygen atoms in total. The van der Waals surface area contributed by atoms with Crippen molar-refractivity contribution in [3.05, 3.63) is 18.3 Å². The van der Waals surface area contributed by atoms with Gasteiger partial charge in [0.05, 0.1) is 5.03 Å². The van der Waals surface area contributed by atoms with E-state index < -0.39 is 0 Å². The minimum Gasteiger partial charge on any atom is -0.356 e. The third-order valence-corrected chi connectivity index (χ3v) is 2.12. The van der Waals surface area contributed by atoms with Crippen LogP contribution in [0.2, 0.25) is 0 Å². The van der Waals surface area contributed by atoms with Gasteiger partial charge < -0.3 is 4.98 Å². The lowest BCUT2D eigenvalue weighted by Crippen LogP contribution is -1.55. The number of H-pyrrole nitrogens is 1. The summed E-state index contributed by atoms with van der Waals surface area (Å²) in [7, 11) is 1.53. The maximum Gasteiger partial charge on any atom is 0.0835 e. The third-order valence-electron chi connectivity index (χ3n) is 0.653. The predicted molar refractivity (Wildman–Crippen MR) is 35.6 cm³/mol. The van der Waals surface area contributed by atoms with E-state index in [-0.39, 0.29) is 0 Å². The molecule has 0 saturated heterocycles.